The predicted molar refractivity (Wildman–Crippen MR) is 173 cm³/mol. The molecule has 0 saturated carbocycles. The van der Waals surface area contributed by atoms with E-state index in [2.05, 4.69) is 50.2 Å². The normalized spacial score (nSPS) is 13.4. The highest BCUT2D eigenvalue weighted by molar-refractivity contribution is 6.41. The Bertz CT molecular complexity index is 1380. The second kappa shape index (κ2) is 15.7. The van der Waals surface area contributed by atoms with Gasteiger partial charge in [-0.25, -0.2) is 9.67 Å². The average Bonchev–Trinajstić information content (AvgIpc) is 3.50. The summed E-state index contributed by atoms with van der Waals surface area (Å²) in [6.45, 7) is 10.9. The van der Waals surface area contributed by atoms with Crippen LogP contribution in [0.3, 0.4) is 0 Å². The summed E-state index contributed by atoms with van der Waals surface area (Å²) in [5, 5.41) is 5.47. The van der Waals surface area contributed by atoms with E-state index in [1.54, 1.807) is 24.8 Å². The summed E-state index contributed by atoms with van der Waals surface area (Å²) in [4.78, 5) is 23.7. The first-order valence-corrected chi connectivity index (χ1v) is 15.2. The third kappa shape index (κ3) is 9.31. The summed E-state index contributed by atoms with van der Waals surface area (Å²) in [5.74, 6) is 0.116. The van der Waals surface area contributed by atoms with E-state index in [1.165, 1.54) is 11.3 Å². The van der Waals surface area contributed by atoms with Gasteiger partial charge < -0.3 is 9.80 Å². The largest absolute Gasteiger partial charge is 0.369 e. The van der Waals surface area contributed by atoms with E-state index in [9.17, 15) is 4.79 Å². The Kier molecular flexibility index (Phi) is 11.8. The van der Waals surface area contributed by atoms with Crippen LogP contribution in [-0.4, -0.2) is 76.8 Å². The van der Waals surface area contributed by atoms with Crippen molar-refractivity contribution in [3.05, 3.63) is 112 Å². The second-order valence-corrected chi connectivity index (χ2v) is 11.6. The number of carbonyl (C=O) groups excluding carboxylic acids is 1. The molecule has 0 aliphatic carbocycles. The molecule has 0 N–H and O–H groups in total. The number of aryl methyl sites for hydroxylation is 2. The van der Waals surface area contributed by atoms with Crippen molar-refractivity contribution in [2.45, 2.75) is 33.2 Å². The highest BCUT2D eigenvalue weighted by atomic mass is 35.5. The molecular formula is C33H40Cl2N6O. The third-order valence-electron chi connectivity index (χ3n) is 7.36. The topological polar surface area (TPSA) is 57.5 Å². The molecule has 0 atom stereocenters. The van der Waals surface area contributed by atoms with Crippen molar-refractivity contribution in [1.82, 2.24) is 24.6 Å². The van der Waals surface area contributed by atoms with E-state index in [4.69, 9.17) is 23.2 Å². The van der Waals surface area contributed by atoms with Gasteiger partial charge in [0.05, 0.1) is 16.6 Å². The van der Waals surface area contributed by atoms with Gasteiger partial charge in [-0.3, -0.25) is 9.69 Å². The Morgan fingerprint density at radius 1 is 0.881 bits per heavy atom. The number of piperazine rings is 1. The number of anilines is 1. The summed E-state index contributed by atoms with van der Waals surface area (Å²) < 4.78 is 1.87. The predicted octanol–water partition coefficient (Wildman–Crippen LogP) is 6.61. The number of amides is 1. The number of nitrogens with zero attached hydrogens (tertiary/aromatic N) is 6. The molecular weight excluding hydrogens is 567 g/mol. The first-order chi connectivity index (χ1) is 20.3. The molecule has 2 heterocycles. The lowest BCUT2D eigenvalue weighted by atomic mass is 10.1. The number of halogens is 2. The number of hydrogen-bond donors (Lipinski definition) is 0. The smallest absolute Gasteiger partial charge is 0.253 e. The minimum absolute atomic E-state index is 0.116. The van der Waals surface area contributed by atoms with Gasteiger partial charge in [-0.15, -0.1) is 0 Å². The van der Waals surface area contributed by atoms with Crippen molar-refractivity contribution < 1.29 is 4.79 Å². The molecule has 1 saturated heterocycles. The van der Waals surface area contributed by atoms with E-state index < -0.39 is 0 Å². The minimum Gasteiger partial charge on any atom is -0.369 e. The van der Waals surface area contributed by atoms with Gasteiger partial charge in [-0.2, -0.15) is 5.10 Å². The molecule has 4 aromatic rings. The maximum Gasteiger partial charge on any atom is 0.253 e. The van der Waals surface area contributed by atoms with Gasteiger partial charge in [-0.1, -0.05) is 70.7 Å². The Balaban J connectivity index is 0.000000437. The molecule has 3 aromatic carbocycles. The fourth-order valence-corrected chi connectivity index (χ4v) is 5.47. The highest BCUT2D eigenvalue weighted by Crippen LogP contribution is 2.23. The summed E-state index contributed by atoms with van der Waals surface area (Å²) in [6.07, 6.45) is 5.47. The van der Waals surface area contributed by atoms with Crippen LogP contribution in [0.25, 0.3) is 0 Å². The monoisotopic (exact) mass is 606 g/mol. The van der Waals surface area contributed by atoms with E-state index in [-0.39, 0.29) is 5.91 Å². The quantitative estimate of drug-likeness (QED) is 0.201. The molecule has 5 rings (SSSR count). The fourth-order valence-electron chi connectivity index (χ4n) is 5.20. The van der Waals surface area contributed by atoms with Gasteiger partial charge in [0.2, 0.25) is 0 Å². The van der Waals surface area contributed by atoms with Crippen molar-refractivity contribution >= 4 is 34.8 Å². The lowest BCUT2D eigenvalue weighted by Crippen LogP contribution is -2.47. The Morgan fingerprint density at radius 2 is 1.52 bits per heavy atom. The summed E-state index contributed by atoms with van der Waals surface area (Å²) in [6, 6.07) is 21.9. The second-order valence-electron chi connectivity index (χ2n) is 10.8. The van der Waals surface area contributed by atoms with E-state index in [1.807, 2.05) is 54.7 Å². The van der Waals surface area contributed by atoms with Crippen molar-refractivity contribution in [3.8, 4) is 0 Å². The summed E-state index contributed by atoms with van der Waals surface area (Å²) in [5.41, 5.74) is 5.64. The lowest BCUT2D eigenvalue weighted by molar-refractivity contribution is 0.0791. The van der Waals surface area contributed by atoms with Crippen LogP contribution in [0.2, 0.25) is 10.0 Å². The number of rotatable bonds is 9. The van der Waals surface area contributed by atoms with Crippen LogP contribution in [0.15, 0.2) is 79.4 Å². The van der Waals surface area contributed by atoms with E-state index in [0.717, 1.165) is 75.3 Å². The number of carbonyl (C=O) groups is 1. The third-order valence-corrected chi connectivity index (χ3v) is 8.12. The minimum atomic E-state index is 0.116. The first-order valence-electron chi connectivity index (χ1n) is 14.4. The molecule has 1 aliphatic rings. The van der Waals surface area contributed by atoms with E-state index in [0.29, 0.717) is 10.0 Å². The maximum absolute atomic E-state index is 12.7. The van der Waals surface area contributed by atoms with Crippen molar-refractivity contribution in [3.63, 3.8) is 0 Å². The standard InChI is InChI=1S/C27H36N6O.C6H4Cl2/c1-22-16-23(2)18-25(17-22)27(34)30(3)10-6-7-11-31-12-14-32(15-13-31)26-9-5-4-8-24(26)19-33-21-28-20-29-33;7-5-3-1-2-4-6(5)8/h4-5,8-9,16-18,20-21H,6-7,10-15,19H2,1-3H3;1-4H. The van der Waals surface area contributed by atoms with Gasteiger partial charge in [0.1, 0.15) is 12.7 Å². The van der Waals surface area contributed by atoms with Crippen molar-refractivity contribution in [2.75, 3.05) is 51.2 Å². The van der Waals surface area contributed by atoms with Crippen molar-refractivity contribution in [2.24, 2.45) is 0 Å². The molecule has 222 valence electrons. The highest BCUT2D eigenvalue weighted by Gasteiger charge is 2.19. The van der Waals surface area contributed by atoms with Crippen LogP contribution < -0.4 is 4.90 Å². The van der Waals surface area contributed by atoms with Crippen molar-refractivity contribution in [1.29, 1.82) is 0 Å². The van der Waals surface area contributed by atoms with Crippen LogP contribution in [-0.2, 0) is 6.54 Å². The molecule has 1 aromatic heterocycles. The zero-order valence-electron chi connectivity index (χ0n) is 24.7. The van der Waals surface area contributed by atoms with Crippen LogP contribution in [0.5, 0.6) is 0 Å². The molecule has 0 spiro atoms. The zero-order chi connectivity index (χ0) is 29.9. The number of para-hydroxylation sites is 1. The molecule has 0 bridgehead atoms. The van der Waals surface area contributed by atoms with Crippen LogP contribution in [0, 0.1) is 13.8 Å². The SMILES string of the molecule is Cc1cc(C)cc(C(=O)N(C)CCCCN2CCN(c3ccccc3Cn3cncn3)CC2)c1.Clc1ccccc1Cl. The van der Waals surface area contributed by atoms with Crippen LogP contribution in [0.4, 0.5) is 5.69 Å². The average molecular weight is 608 g/mol. The summed E-state index contributed by atoms with van der Waals surface area (Å²) in [7, 11) is 1.91. The molecule has 0 radical (unpaired) electrons. The number of hydrogen-bond acceptors (Lipinski definition) is 5. The molecule has 1 fully saturated rings. The lowest BCUT2D eigenvalue weighted by Gasteiger charge is -2.37. The molecule has 9 heteroatoms. The molecule has 42 heavy (non-hydrogen) atoms. The fraction of sp³-hybridized carbons (Fsp3) is 0.364. The molecule has 7 nitrogen and oxygen atoms in total. The summed E-state index contributed by atoms with van der Waals surface area (Å²) >= 11 is 11.2. The van der Waals surface area contributed by atoms with Gasteiger partial charge >= 0.3 is 0 Å². The number of aromatic nitrogens is 3. The first kappa shape index (κ1) is 31.5. The van der Waals surface area contributed by atoms with Gasteiger partial charge in [-0.05, 0) is 69.1 Å². The molecule has 0 unspecified atom stereocenters. The van der Waals surface area contributed by atoms with Gasteiger partial charge in [0.25, 0.3) is 5.91 Å². The van der Waals surface area contributed by atoms with Gasteiger partial charge in [0, 0.05) is 51.0 Å². The van der Waals surface area contributed by atoms with Crippen LogP contribution >= 0.6 is 23.2 Å². The Hall–Kier alpha value is -3.39. The van der Waals surface area contributed by atoms with Gasteiger partial charge in [0.15, 0.2) is 0 Å². The maximum atomic E-state index is 12.7. The zero-order valence-corrected chi connectivity index (χ0v) is 26.2. The number of unbranched alkanes of at least 4 members (excludes halogenated alkanes) is 1. The Morgan fingerprint density at radius 3 is 2.14 bits per heavy atom. The molecule has 1 aliphatic heterocycles. The van der Waals surface area contributed by atoms with Crippen LogP contribution in [0.1, 0.15) is 39.9 Å². The Labute approximate surface area is 259 Å². The van der Waals surface area contributed by atoms with E-state index >= 15 is 0 Å². The number of benzene rings is 3. The molecule has 1 amide bonds.